The summed E-state index contributed by atoms with van der Waals surface area (Å²) in [6.45, 7) is 4.99. The lowest BCUT2D eigenvalue weighted by atomic mass is 10.1. The van der Waals surface area contributed by atoms with Gasteiger partial charge in [0.15, 0.2) is 11.6 Å². The summed E-state index contributed by atoms with van der Waals surface area (Å²) in [6.07, 6.45) is 3.03. The average Bonchev–Trinajstić information content (AvgIpc) is 3.18. The number of hydrogen-bond acceptors (Lipinski definition) is 2. The second kappa shape index (κ2) is 6.04. The minimum Gasteiger partial charge on any atom is -0.389 e. The third kappa shape index (κ3) is 3.26. The van der Waals surface area contributed by atoms with E-state index in [2.05, 4.69) is 13.8 Å². The van der Waals surface area contributed by atoms with Crippen molar-refractivity contribution in [2.24, 2.45) is 11.7 Å². The Morgan fingerprint density at radius 3 is 2.50 bits per heavy atom. The number of nitrogens with zero attached hydrogens (tertiary/aromatic N) is 1. The number of nitrogens with two attached hydrogens (primary N) is 1. The Morgan fingerprint density at radius 1 is 1.35 bits per heavy atom. The standard InChI is InChI=1S/C15H20F2N2S/c1-9(2)7-8-19(10-3-4-10)12-6-5-11(15(18)20)13(16)14(12)17/h5-6,9-10H,3-4,7-8H2,1-2H3,(H2,18,20). The first kappa shape index (κ1) is 15.2. The molecule has 0 atom stereocenters. The van der Waals surface area contributed by atoms with Crippen LogP contribution in [0.25, 0.3) is 0 Å². The molecule has 1 aliphatic carbocycles. The Balaban J connectivity index is 2.29. The third-order valence-electron chi connectivity index (χ3n) is 3.57. The largest absolute Gasteiger partial charge is 0.389 e. The number of thiocarbonyl (C=S) groups is 1. The first-order valence-electron chi connectivity index (χ1n) is 6.96. The number of halogens is 2. The van der Waals surface area contributed by atoms with Gasteiger partial charge in [-0.15, -0.1) is 0 Å². The molecule has 0 heterocycles. The fraction of sp³-hybridized carbons (Fsp3) is 0.533. The van der Waals surface area contributed by atoms with Crippen LogP contribution in [0, 0.1) is 17.6 Å². The molecule has 0 aromatic heterocycles. The summed E-state index contributed by atoms with van der Waals surface area (Å²) in [5.41, 5.74) is 5.69. The van der Waals surface area contributed by atoms with Crippen LogP contribution in [-0.2, 0) is 0 Å². The summed E-state index contributed by atoms with van der Waals surface area (Å²) in [6, 6.07) is 3.39. The number of anilines is 1. The lowest BCUT2D eigenvalue weighted by molar-refractivity contribution is 0.499. The normalized spacial score (nSPS) is 14.7. The summed E-state index contributed by atoms with van der Waals surface area (Å²) in [4.78, 5) is 1.86. The molecule has 2 N–H and O–H groups in total. The molecule has 0 unspecified atom stereocenters. The van der Waals surface area contributed by atoms with Gasteiger partial charge in [-0.05, 0) is 37.3 Å². The maximum Gasteiger partial charge on any atom is 0.182 e. The van der Waals surface area contributed by atoms with E-state index < -0.39 is 11.6 Å². The molecule has 20 heavy (non-hydrogen) atoms. The van der Waals surface area contributed by atoms with Crippen molar-refractivity contribution in [3.63, 3.8) is 0 Å². The first-order valence-corrected chi connectivity index (χ1v) is 7.37. The molecule has 0 spiro atoms. The van der Waals surface area contributed by atoms with Crippen LogP contribution >= 0.6 is 12.2 Å². The van der Waals surface area contributed by atoms with Gasteiger partial charge in [0.2, 0.25) is 0 Å². The highest BCUT2D eigenvalue weighted by molar-refractivity contribution is 7.80. The molecule has 5 heteroatoms. The fourth-order valence-electron chi connectivity index (χ4n) is 2.23. The Labute approximate surface area is 123 Å². The quantitative estimate of drug-likeness (QED) is 0.813. The predicted molar refractivity (Wildman–Crippen MR) is 82.1 cm³/mol. The van der Waals surface area contributed by atoms with E-state index >= 15 is 0 Å². The molecular weight excluding hydrogens is 278 g/mol. The zero-order chi connectivity index (χ0) is 14.9. The van der Waals surface area contributed by atoms with Gasteiger partial charge in [-0.25, -0.2) is 8.78 Å². The molecule has 2 nitrogen and oxygen atoms in total. The van der Waals surface area contributed by atoms with Crippen molar-refractivity contribution in [2.45, 2.75) is 39.2 Å². The zero-order valence-electron chi connectivity index (χ0n) is 11.8. The maximum atomic E-state index is 14.3. The van der Waals surface area contributed by atoms with Crippen molar-refractivity contribution in [2.75, 3.05) is 11.4 Å². The fourth-order valence-corrected chi connectivity index (χ4v) is 2.39. The van der Waals surface area contributed by atoms with Crippen LogP contribution in [0.1, 0.15) is 38.7 Å². The van der Waals surface area contributed by atoms with E-state index in [9.17, 15) is 8.78 Å². The molecule has 1 aromatic rings. The monoisotopic (exact) mass is 298 g/mol. The molecule has 0 radical (unpaired) electrons. The highest BCUT2D eigenvalue weighted by Gasteiger charge is 2.31. The van der Waals surface area contributed by atoms with E-state index in [1.807, 2.05) is 4.90 Å². The van der Waals surface area contributed by atoms with Gasteiger partial charge >= 0.3 is 0 Å². The molecule has 1 saturated carbocycles. The van der Waals surface area contributed by atoms with Crippen molar-refractivity contribution in [1.29, 1.82) is 0 Å². The summed E-state index contributed by atoms with van der Waals surface area (Å²) in [5, 5.41) is 0. The number of benzene rings is 1. The molecule has 110 valence electrons. The third-order valence-corrected chi connectivity index (χ3v) is 3.79. The Kier molecular flexibility index (Phi) is 4.58. The average molecular weight is 298 g/mol. The molecule has 0 bridgehead atoms. The van der Waals surface area contributed by atoms with E-state index in [0.29, 0.717) is 17.6 Å². The maximum absolute atomic E-state index is 14.3. The second-order valence-electron chi connectivity index (χ2n) is 5.73. The van der Waals surface area contributed by atoms with E-state index in [0.717, 1.165) is 25.8 Å². The van der Waals surface area contributed by atoms with Gasteiger partial charge in [-0.2, -0.15) is 0 Å². The molecule has 0 saturated heterocycles. The lowest BCUT2D eigenvalue weighted by Crippen LogP contribution is -2.29. The van der Waals surface area contributed by atoms with Crippen molar-refractivity contribution in [3.8, 4) is 0 Å². The summed E-state index contributed by atoms with van der Waals surface area (Å²) >= 11 is 4.72. The SMILES string of the molecule is CC(C)CCN(c1ccc(C(N)=S)c(F)c1F)C1CC1. The molecule has 1 aliphatic rings. The molecule has 1 fully saturated rings. The van der Waals surface area contributed by atoms with Gasteiger partial charge in [-0.3, -0.25) is 0 Å². The van der Waals surface area contributed by atoms with Crippen molar-refractivity contribution < 1.29 is 8.78 Å². The van der Waals surface area contributed by atoms with Crippen molar-refractivity contribution in [1.82, 2.24) is 0 Å². The van der Waals surface area contributed by atoms with Crippen LogP contribution in [0.15, 0.2) is 12.1 Å². The van der Waals surface area contributed by atoms with Crippen LogP contribution in [0.2, 0.25) is 0 Å². The van der Waals surface area contributed by atoms with E-state index in [-0.39, 0.29) is 10.6 Å². The number of rotatable bonds is 6. The molecular formula is C15H20F2N2S. The molecule has 0 amide bonds. The highest BCUT2D eigenvalue weighted by Crippen LogP contribution is 2.35. The van der Waals surface area contributed by atoms with Crippen LogP contribution in [0.5, 0.6) is 0 Å². The van der Waals surface area contributed by atoms with Gasteiger partial charge in [-0.1, -0.05) is 26.1 Å². The van der Waals surface area contributed by atoms with Crippen LogP contribution in [0.4, 0.5) is 14.5 Å². The first-order chi connectivity index (χ1) is 9.41. The minimum atomic E-state index is -0.940. The summed E-state index contributed by atoms with van der Waals surface area (Å²) in [7, 11) is 0. The van der Waals surface area contributed by atoms with Gasteiger partial charge < -0.3 is 10.6 Å². The smallest absolute Gasteiger partial charge is 0.182 e. The Morgan fingerprint density at radius 2 is 2.00 bits per heavy atom. The van der Waals surface area contributed by atoms with E-state index in [4.69, 9.17) is 18.0 Å². The minimum absolute atomic E-state index is 0.0270. The van der Waals surface area contributed by atoms with Crippen LogP contribution in [0.3, 0.4) is 0 Å². The highest BCUT2D eigenvalue weighted by atomic mass is 32.1. The van der Waals surface area contributed by atoms with Gasteiger partial charge in [0.05, 0.1) is 5.69 Å². The van der Waals surface area contributed by atoms with Crippen LogP contribution in [-0.4, -0.2) is 17.6 Å². The second-order valence-corrected chi connectivity index (χ2v) is 6.17. The zero-order valence-corrected chi connectivity index (χ0v) is 12.6. The summed E-state index contributed by atoms with van der Waals surface area (Å²) < 4.78 is 28.2. The lowest BCUT2D eigenvalue weighted by Gasteiger charge is -2.26. The van der Waals surface area contributed by atoms with Gasteiger partial charge in [0.1, 0.15) is 4.99 Å². The number of hydrogen-bond donors (Lipinski definition) is 1. The Hall–Kier alpha value is -1.23. The summed E-state index contributed by atoms with van der Waals surface area (Å²) in [5.74, 6) is -1.25. The van der Waals surface area contributed by atoms with Crippen LogP contribution < -0.4 is 10.6 Å². The van der Waals surface area contributed by atoms with Gasteiger partial charge in [0.25, 0.3) is 0 Å². The topological polar surface area (TPSA) is 29.3 Å². The van der Waals surface area contributed by atoms with Crippen molar-refractivity contribution >= 4 is 22.9 Å². The Bertz CT molecular complexity index is 513. The van der Waals surface area contributed by atoms with Gasteiger partial charge in [0, 0.05) is 18.2 Å². The molecule has 0 aliphatic heterocycles. The van der Waals surface area contributed by atoms with E-state index in [1.165, 1.54) is 6.07 Å². The predicted octanol–water partition coefficient (Wildman–Crippen LogP) is 3.61. The van der Waals surface area contributed by atoms with E-state index in [1.54, 1.807) is 6.07 Å². The molecule has 2 rings (SSSR count). The van der Waals surface area contributed by atoms with Crippen molar-refractivity contribution in [3.05, 3.63) is 29.3 Å². The molecule has 1 aromatic carbocycles.